The van der Waals surface area contributed by atoms with E-state index in [0.717, 1.165) is 85.9 Å². The molecule has 1 N–H and O–H groups in total. The van der Waals surface area contributed by atoms with Crippen LogP contribution < -0.4 is 0 Å². The van der Waals surface area contributed by atoms with Crippen LogP contribution in [0.25, 0.3) is 44.1 Å². The zero-order valence-corrected chi connectivity index (χ0v) is 47.7. The van der Waals surface area contributed by atoms with Crippen LogP contribution >= 0.6 is 0 Å². The quantitative estimate of drug-likeness (QED) is 0.0711. The number of fused-ring (bicyclic) bond motifs is 2. The van der Waals surface area contributed by atoms with Gasteiger partial charge in [0, 0.05) is 50.4 Å². The predicted octanol–water partition coefficient (Wildman–Crippen LogP) is 18.5. The number of hydrogen-bond acceptors (Lipinski definition) is 4. The third-order valence-corrected chi connectivity index (χ3v) is 14.7. The van der Waals surface area contributed by atoms with Gasteiger partial charge in [-0.25, -0.2) is 0 Å². The summed E-state index contributed by atoms with van der Waals surface area (Å²) in [4.78, 5) is 20.7. The van der Waals surface area contributed by atoms with Gasteiger partial charge in [-0.1, -0.05) is 164 Å². The van der Waals surface area contributed by atoms with E-state index in [1.54, 1.807) is 6.92 Å². The number of aliphatic hydroxyl groups is 1. The summed E-state index contributed by atoms with van der Waals surface area (Å²) < 4.78 is 70.3. The van der Waals surface area contributed by atoms with E-state index in [0.29, 0.717) is 12.8 Å². The van der Waals surface area contributed by atoms with Crippen LogP contribution in [0.4, 0.5) is 13.2 Å². The van der Waals surface area contributed by atoms with Crippen LogP contribution in [0, 0.1) is 49.7 Å². The number of aromatic nitrogens is 2. The van der Waals surface area contributed by atoms with E-state index in [9.17, 15) is 23.1 Å². The number of rotatable bonds is 13. The van der Waals surface area contributed by atoms with Crippen molar-refractivity contribution >= 4 is 27.3 Å². The van der Waals surface area contributed by atoms with Gasteiger partial charge in [-0.05, 0) is 111 Å². The molecule has 0 saturated heterocycles. The van der Waals surface area contributed by atoms with Crippen molar-refractivity contribution in [1.29, 1.82) is 0 Å². The number of allylic oxidation sites excluding steroid dienone is 2. The first-order valence-corrected chi connectivity index (χ1v) is 26.6. The third-order valence-electron chi connectivity index (χ3n) is 14.7. The standard InChI is InChI=1S/2C26H30N.C13H21F3O2.Ir/c2*1-18-13-22(17-23(14-18)26(2,3)4)25-24-10-9-20(15-19-7-5-6-8-19)16-21(24)11-12-27-25;1-4-9(5-2)11(17)7-12(18)10(6-3)8-13(14,15)16;/h2*9-12,14,16-17,19H,5-8,15H2,1-4H3;7,9-10,18H,4-6,8H2,1-3H3;/q2*-1;;/b;;12-7-;/i2*11D,12D;;. The Balaban J connectivity index is 0.000000219. The molecule has 6 aromatic rings. The summed E-state index contributed by atoms with van der Waals surface area (Å²) in [6, 6.07) is 28.8. The topological polar surface area (TPSA) is 63.1 Å². The van der Waals surface area contributed by atoms with E-state index in [1.807, 2.05) is 13.8 Å². The normalized spacial score (nSPS) is 16.0. The molecule has 2 saturated carbocycles. The molecule has 4 nitrogen and oxygen atoms in total. The van der Waals surface area contributed by atoms with E-state index in [4.69, 9.17) is 5.48 Å². The molecule has 0 spiro atoms. The Morgan fingerprint density at radius 3 is 1.42 bits per heavy atom. The van der Waals surface area contributed by atoms with Gasteiger partial charge in [-0.2, -0.15) is 13.2 Å². The number of hydrogen-bond donors (Lipinski definition) is 1. The van der Waals surface area contributed by atoms with Crippen molar-refractivity contribution in [3.05, 3.63) is 142 Å². The molecule has 1 unspecified atom stereocenters. The second-order valence-electron chi connectivity index (χ2n) is 22.7. The summed E-state index contributed by atoms with van der Waals surface area (Å²) in [5, 5.41) is 13.2. The fraction of sp³-hybridized carbons (Fsp3) is 0.492. The number of alkyl halides is 3. The Labute approximate surface area is 455 Å². The van der Waals surface area contributed by atoms with Crippen LogP contribution in [-0.4, -0.2) is 27.0 Å². The number of aliphatic hydroxyl groups excluding tert-OH is 1. The van der Waals surface area contributed by atoms with Crippen molar-refractivity contribution < 1.29 is 48.7 Å². The van der Waals surface area contributed by atoms with Crippen molar-refractivity contribution in [3.63, 3.8) is 0 Å². The summed E-state index contributed by atoms with van der Waals surface area (Å²) in [6.45, 7) is 22.6. The maximum atomic E-state index is 12.3. The predicted molar refractivity (Wildman–Crippen MR) is 294 cm³/mol. The Kier molecular flexibility index (Phi) is 19.1. The Morgan fingerprint density at radius 1 is 0.671 bits per heavy atom. The molecule has 2 fully saturated rings. The molecule has 8 heteroatoms. The van der Waals surface area contributed by atoms with Gasteiger partial charge in [0.05, 0.1) is 17.7 Å². The average molecular weight is 1180 g/mol. The number of benzene rings is 4. The SMILES string of the molecule is CCC(CC)C(=O)/C=C(\O)C(CC)CC(F)(F)F.[2H]c1nc(-c2[c-]c(C)cc(C(C)(C)C)c2)c2ccc(CC3CCCC3)cc2c1[2H].[2H]c1nc(-c2[c-]c(C)cc(C(C)(C)C)c2)c2ccc(CC3CCCC3)cc2c1[2H].[Ir]. The van der Waals surface area contributed by atoms with Crippen LogP contribution in [0.3, 0.4) is 0 Å². The van der Waals surface area contributed by atoms with Crippen LogP contribution in [-0.2, 0) is 48.6 Å². The number of halogens is 3. The molecule has 2 heterocycles. The Hall–Kier alpha value is -4.65. The fourth-order valence-electron chi connectivity index (χ4n) is 10.3. The van der Waals surface area contributed by atoms with Gasteiger partial charge in [0.2, 0.25) is 0 Å². The molecule has 1 radical (unpaired) electrons. The maximum absolute atomic E-state index is 12.3. The molecule has 8 rings (SSSR count). The molecule has 2 aliphatic carbocycles. The van der Waals surface area contributed by atoms with E-state index in [1.165, 1.54) is 73.6 Å². The Morgan fingerprint density at radius 2 is 1.07 bits per heavy atom. The van der Waals surface area contributed by atoms with E-state index < -0.39 is 24.3 Å². The van der Waals surface area contributed by atoms with Crippen LogP contribution in [0.5, 0.6) is 0 Å². The van der Waals surface area contributed by atoms with Gasteiger partial charge in [-0.15, -0.1) is 69.8 Å². The summed E-state index contributed by atoms with van der Waals surface area (Å²) in [7, 11) is 0. The number of aryl methyl sites for hydroxylation is 2. The van der Waals surface area contributed by atoms with Crippen molar-refractivity contribution in [3.8, 4) is 22.5 Å². The number of pyridine rings is 2. The van der Waals surface area contributed by atoms with Crippen molar-refractivity contribution in [2.75, 3.05) is 0 Å². The Bertz CT molecular complexity index is 2840. The minimum Gasteiger partial charge on any atom is -0.512 e. The molecule has 0 bridgehead atoms. The van der Waals surface area contributed by atoms with Crippen molar-refractivity contribution in [1.82, 2.24) is 9.97 Å². The molecule has 0 aliphatic heterocycles. The zero-order chi connectivity index (χ0) is 55.9. The van der Waals surface area contributed by atoms with E-state index in [2.05, 4.69) is 138 Å². The van der Waals surface area contributed by atoms with Crippen molar-refractivity contribution in [2.24, 2.45) is 23.7 Å². The molecular weight excluding hydrogens is 1090 g/mol. The first-order chi connectivity index (χ1) is 35.7. The zero-order valence-electron chi connectivity index (χ0n) is 49.3. The number of carbonyl (C=O) groups excluding carboxylic acids is 1. The second-order valence-corrected chi connectivity index (χ2v) is 22.7. The molecule has 2 aromatic heterocycles. The molecule has 1 atom stereocenters. The first kappa shape index (κ1) is 53.2. The van der Waals surface area contributed by atoms with Gasteiger partial charge in [0.15, 0.2) is 5.78 Å². The molecular formula is C65H81F3IrN2O2-2. The minimum atomic E-state index is -4.33. The number of nitrogens with zero attached hydrogens (tertiary/aromatic N) is 2. The summed E-state index contributed by atoms with van der Waals surface area (Å²) >= 11 is 0. The monoisotopic (exact) mass is 1180 g/mol. The van der Waals surface area contributed by atoms with Crippen LogP contribution in [0.1, 0.15) is 178 Å². The van der Waals surface area contributed by atoms with Gasteiger partial charge >= 0.3 is 6.18 Å². The summed E-state index contributed by atoms with van der Waals surface area (Å²) in [5.41, 5.74) is 10.6. The molecule has 4 aromatic carbocycles. The minimum absolute atomic E-state index is 0. The van der Waals surface area contributed by atoms with Crippen LogP contribution in [0.2, 0.25) is 0 Å². The molecule has 73 heavy (non-hydrogen) atoms. The van der Waals surface area contributed by atoms with Crippen LogP contribution in [0.15, 0.2) is 96.9 Å². The number of carbonyl (C=O) groups is 1. The average Bonchev–Trinajstić information content (AvgIpc) is 4.08. The summed E-state index contributed by atoms with van der Waals surface area (Å²) in [5.74, 6) is -0.473. The fourth-order valence-corrected chi connectivity index (χ4v) is 10.3. The second kappa shape index (κ2) is 26.2. The van der Waals surface area contributed by atoms with Gasteiger partial charge in [-0.3, -0.25) is 4.79 Å². The number of ketones is 1. The van der Waals surface area contributed by atoms with Gasteiger partial charge < -0.3 is 15.1 Å². The summed E-state index contributed by atoms with van der Waals surface area (Å²) in [6.07, 6.45) is 9.76. The van der Waals surface area contributed by atoms with Gasteiger partial charge in [0.1, 0.15) is 0 Å². The smallest absolute Gasteiger partial charge is 0.389 e. The van der Waals surface area contributed by atoms with Crippen molar-refractivity contribution in [2.45, 2.75) is 183 Å². The first-order valence-electron chi connectivity index (χ1n) is 28.6. The van der Waals surface area contributed by atoms with E-state index in [-0.39, 0.29) is 73.5 Å². The maximum Gasteiger partial charge on any atom is 0.389 e. The molecule has 0 amide bonds. The van der Waals surface area contributed by atoms with E-state index >= 15 is 0 Å². The third kappa shape index (κ3) is 16.9. The molecule has 2 aliphatic rings. The largest absolute Gasteiger partial charge is 0.512 e. The van der Waals surface area contributed by atoms with Gasteiger partial charge in [0.25, 0.3) is 0 Å². The molecule has 395 valence electrons.